The summed E-state index contributed by atoms with van der Waals surface area (Å²) in [4.78, 5) is 0. The summed E-state index contributed by atoms with van der Waals surface area (Å²) >= 11 is 0. The Morgan fingerprint density at radius 1 is 1.64 bits per heavy atom. The predicted octanol–water partition coefficient (Wildman–Crippen LogP) is 1.70. The van der Waals surface area contributed by atoms with Gasteiger partial charge >= 0.3 is 0 Å². The molecule has 1 N–H and O–H groups in total. The molecular weight excluding hydrogens is 138 g/mol. The molecule has 0 aliphatic heterocycles. The van der Waals surface area contributed by atoms with Crippen molar-refractivity contribution >= 4 is 0 Å². The molecule has 0 radical (unpaired) electrons. The van der Waals surface area contributed by atoms with E-state index in [2.05, 4.69) is 6.92 Å². The van der Waals surface area contributed by atoms with Crippen molar-refractivity contribution in [2.24, 2.45) is 11.8 Å². The molecule has 1 fully saturated rings. The van der Waals surface area contributed by atoms with Gasteiger partial charge in [-0.05, 0) is 12.3 Å². The summed E-state index contributed by atoms with van der Waals surface area (Å²) in [6.45, 7) is 2.13. The van der Waals surface area contributed by atoms with Gasteiger partial charge in [-0.3, -0.25) is 0 Å². The number of hydrogen-bond acceptors (Lipinski definition) is 2. The summed E-state index contributed by atoms with van der Waals surface area (Å²) in [5.41, 5.74) is 0. The van der Waals surface area contributed by atoms with Crippen LogP contribution in [-0.4, -0.2) is 11.2 Å². The van der Waals surface area contributed by atoms with Gasteiger partial charge in [0.1, 0.15) is 6.10 Å². The largest absolute Gasteiger partial charge is 0.378 e. The van der Waals surface area contributed by atoms with Crippen LogP contribution in [0.4, 0.5) is 0 Å². The fraction of sp³-hybridized carbons (Fsp3) is 0.889. The fourth-order valence-corrected chi connectivity index (χ4v) is 2.08. The van der Waals surface area contributed by atoms with Gasteiger partial charge in [0.15, 0.2) is 0 Å². The molecule has 0 saturated heterocycles. The van der Waals surface area contributed by atoms with Crippen molar-refractivity contribution < 1.29 is 5.11 Å². The highest BCUT2D eigenvalue weighted by molar-refractivity contribution is 4.93. The van der Waals surface area contributed by atoms with Crippen LogP contribution >= 0.6 is 0 Å². The average Bonchev–Trinajstić information content (AvgIpc) is 2.50. The van der Waals surface area contributed by atoms with Gasteiger partial charge in [0.25, 0.3) is 0 Å². The van der Waals surface area contributed by atoms with E-state index in [0.29, 0.717) is 5.92 Å². The molecule has 0 aromatic carbocycles. The zero-order valence-electron chi connectivity index (χ0n) is 6.95. The van der Waals surface area contributed by atoms with Gasteiger partial charge in [0, 0.05) is 5.92 Å². The summed E-state index contributed by atoms with van der Waals surface area (Å²) in [7, 11) is 0. The maximum atomic E-state index is 9.30. The van der Waals surface area contributed by atoms with Crippen molar-refractivity contribution in [2.75, 3.05) is 0 Å². The van der Waals surface area contributed by atoms with E-state index in [1.165, 1.54) is 12.8 Å². The van der Waals surface area contributed by atoms with Crippen molar-refractivity contribution in [3.63, 3.8) is 0 Å². The Morgan fingerprint density at radius 2 is 2.36 bits per heavy atom. The first-order chi connectivity index (χ1) is 5.29. The number of nitrogens with zero attached hydrogens (tertiary/aromatic N) is 1. The molecule has 1 saturated carbocycles. The molecule has 62 valence electrons. The smallest absolute Gasteiger partial charge is 0.143 e. The lowest BCUT2D eigenvalue weighted by atomic mass is 9.89. The summed E-state index contributed by atoms with van der Waals surface area (Å²) < 4.78 is 0. The molecule has 1 aliphatic rings. The van der Waals surface area contributed by atoms with E-state index in [4.69, 9.17) is 5.26 Å². The molecule has 3 atom stereocenters. The van der Waals surface area contributed by atoms with Crippen LogP contribution in [0, 0.1) is 23.2 Å². The van der Waals surface area contributed by atoms with Gasteiger partial charge < -0.3 is 5.11 Å². The van der Waals surface area contributed by atoms with E-state index >= 15 is 0 Å². The SMILES string of the molecule is CCC1CCCC1C(O)C#N. The monoisotopic (exact) mass is 153 g/mol. The molecule has 0 aromatic rings. The number of aliphatic hydroxyl groups is 1. The van der Waals surface area contributed by atoms with Crippen LogP contribution in [0.3, 0.4) is 0 Å². The molecule has 11 heavy (non-hydrogen) atoms. The van der Waals surface area contributed by atoms with Crippen molar-refractivity contribution in [3.8, 4) is 6.07 Å². The molecule has 2 heteroatoms. The Hall–Kier alpha value is -0.550. The normalized spacial score (nSPS) is 33.2. The van der Waals surface area contributed by atoms with Gasteiger partial charge in [0.05, 0.1) is 6.07 Å². The third-order valence-electron chi connectivity index (χ3n) is 2.78. The maximum absolute atomic E-state index is 9.30. The van der Waals surface area contributed by atoms with Crippen molar-refractivity contribution in [2.45, 2.75) is 38.7 Å². The van der Waals surface area contributed by atoms with Crippen LogP contribution in [0.2, 0.25) is 0 Å². The molecule has 0 spiro atoms. The van der Waals surface area contributed by atoms with Gasteiger partial charge in [0.2, 0.25) is 0 Å². The van der Waals surface area contributed by atoms with E-state index < -0.39 is 6.10 Å². The Bertz CT molecular complexity index is 161. The van der Waals surface area contributed by atoms with E-state index in [0.717, 1.165) is 12.8 Å². The first-order valence-electron chi connectivity index (χ1n) is 4.37. The first-order valence-corrected chi connectivity index (χ1v) is 4.37. The standard InChI is InChI=1S/C9H15NO/c1-2-7-4-3-5-8(7)9(11)6-10/h7-9,11H,2-5H2,1H3. The second-order valence-corrected chi connectivity index (χ2v) is 3.34. The third-order valence-corrected chi connectivity index (χ3v) is 2.78. The number of hydrogen-bond donors (Lipinski definition) is 1. The average molecular weight is 153 g/mol. The van der Waals surface area contributed by atoms with E-state index in [9.17, 15) is 5.11 Å². The molecule has 3 unspecified atom stereocenters. The zero-order chi connectivity index (χ0) is 8.27. The highest BCUT2D eigenvalue weighted by Crippen LogP contribution is 2.35. The fourth-order valence-electron chi connectivity index (χ4n) is 2.08. The van der Waals surface area contributed by atoms with Gasteiger partial charge in [-0.2, -0.15) is 5.26 Å². The lowest BCUT2D eigenvalue weighted by Gasteiger charge is -2.18. The Morgan fingerprint density at radius 3 is 2.91 bits per heavy atom. The molecule has 0 amide bonds. The predicted molar refractivity (Wildman–Crippen MR) is 42.7 cm³/mol. The number of nitriles is 1. The lowest BCUT2D eigenvalue weighted by molar-refractivity contribution is 0.131. The van der Waals surface area contributed by atoms with Crippen LogP contribution in [0.15, 0.2) is 0 Å². The van der Waals surface area contributed by atoms with Crippen LogP contribution in [0.1, 0.15) is 32.6 Å². The lowest BCUT2D eigenvalue weighted by Crippen LogP contribution is -2.21. The topological polar surface area (TPSA) is 44.0 Å². The third kappa shape index (κ3) is 1.72. The molecular formula is C9H15NO. The molecule has 1 aliphatic carbocycles. The summed E-state index contributed by atoms with van der Waals surface area (Å²) in [5.74, 6) is 0.842. The maximum Gasteiger partial charge on any atom is 0.143 e. The minimum absolute atomic E-state index is 0.255. The molecule has 1 rings (SSSR count). The number of rotatable bonds is 2. The van der Waals surface area contributed by atoms with Crippen LogP contribution in [-0.2, 0) is 0 Å². The Labute approximate surface area is 67.8 Å². The quantitative estimate of drug-likeness (QED) is 0.613. The van der Waals surface area contributed by atoms with Crippen LogP contribution in [0.5, 0.6) is 0 Å². The summed E-state index contributed by atoms with van der Waals surface area (Å²) in [5, 5.41) is 17.8. The number of aliphatic hydroxyl groups excluding tert-OH is 1. The van der Waals surface area contributed by atoms with E-state index in [1.54, 1.807) is 0 Å². The van der Waals surface area contributed by atoms with Crippen molar-refractivity contribution in [1.29, 1.82) is 5.26 Å². The van der Waals surface area contributed by atoms with Crippen LogP contribution in [0.25, 0.3) is 0 Å². The molecule has 0 bridgehead atoms. The Balaban J connectivity index is 2.50. The molecule has 0 aromatic heterocycles. The van der Waals surface area contributed by atoms with Crippen LogP contribution < -0.4 is 0 Å². The highest BCUT2D eigenvalue weighted by Gasteiger charge is 2.31. The van der Waals surface area contributed by atoms with Crippen molar-refractivity contribution in [3.05, 3.63) is 0 Å². The summed E-state index contributed by atoms with van der Waals surface area (Å²) in [6.07, 6.45) is 3.79. The van der Waals surface area contributed by atoms with Crippen molar-refractivity contribution in [1.82, 2.24) is 0 Å². The van der Waals surface area contributed by atoms with Gasteiger partial charge in [-0.1, -0.05) is 26.2 Å². The minimum atomic E-state index is -0.720. The van der Waals surface area contributed by atoms with Gasteiger partial charge in [-0.15, -0.1) is 0 Å². The highest BCUT2D eigenvalue weighted by atomic mass is 16.3. The molecule has 0 heterocycles. The second kappa shape index (κ2) is 3.73. The van der Waals surface area contributed by atoms with Gasteiger partial charge in [-0.25, -0.2) is 0 Å². The first kappa shape index (κ1) is 8.55. The second-order valence-electron chi connectivity index (χ2n) is 3.34. The van der Waals surface area contributed by atoms with E-state index in [-0.39, 0.29) is 5.92 Å². The minimum Gasteiger partial charge on any atom is -0.378 e. The zero-order valence-corrected chi connectivity index (χ0v) is 6.95. The summed E-state index contributed by atoms with van der Waals surface area (Å²) in [6, 6.07) is 1.93. The van der Waals surface area contributed by atoms with E-state index in [1.807, 2.05) is 6.07 Å². The molecule has 2 nitrogen and oxygen atoms in total. The Kier molecular flexibility index (Phi) is 2.90.